The summed E-state index contributed by atoms with van der Waals surface area (Å²) in [5, 5.41) is 0. The SMILES string of the molecule is CC=CCCC(C)=CCC. The quantitative estimate of drug-likeness (QED) is 0.520. The molecule has 0 aliphatic heterocycles. The van der Waals surface area contributed by atoms with Gasteiger partial charge >= 0.3 is 0 Å². The summed E-state index contributed by atoms with van der Waals surface area (Å²) in [6, 6.07) is 0. The van der Waals surface area contributed by atoms with E-state index in [4.69, 9.17) is 0 Å². The molecule has 0 radical (unpaired) electrons. The van der Waals surface area contributed by atoms with Crippen LogP contribution in [0.2, 0.25) is 0 Å². The van der Waals surface area contributed by atoms with Crippen molar-refractivity contribution in [3.63, 3.8) is 0 Å². The van der Waals surface area contributed by atoms with Crippen LogP contribution in [0.4, 0.5) is 0 Å². The van der Waals surface area contributed by atoms with Crippen LogP contribution in [0, 0.1) is 0 Å². The lowest BCUT2D eigenvalue weighted by Crippen LogP contribution is -1.74. The van der Waals surface area contributed by atoms with Gasteiger partial charge in [-0.1, -0.05) is 30.7 Å². The Morgan fingerprint density at radius 3 is 2.60 bits per heavy atom. The molecule has 0 rings (SSSR count). The lowest BCUT2D eigenvalue weighted by Gasteiger charge is -1.94. The highest BCUT2D eigenvalue weighted by atomic mass is 13.9. The van der Waals surface area contributed by atoms with E-state index in [-0.39, 0.29) is 0 Å². The van der Waals surface area contributed by atoms with Crippen molar-refractivity contribution in [2.24, 2.45) is 0 Å². The standard InChI is InChI=1S/C10H18/c1-4-6-7-9-10(3)8-5-2/h4,6,8H,5,7,9H2,1-3H3. The molecule has 0 saturated heterocycles. The number of hydrogen-bond acceptors (Lipinski definition) is 0. The van der Waals surface area contributed by atoms with E-state index in [1.165, 1.54) is 24.8 Å². The monoisotopic (exact) mass is 138 g/mol. The first-order valence-corrected chi connectivity index (χ1v) is 4.08. The molecule has 0 aromatic carbocycles. The van der Waals surface area contributed by atoms with Crippen LogP contribution in [0.1, 0.15) is 40.0 Å². The minimum atomic E-state index is 1.17. The lowest BCUT2D eigenvalue weighted by molar-refractivity contribution is 0.960. The van der Waals surface area contributed by atoms with E-state index in [0.29, 0.717) is 0 Å². The Balaban J connectivity index is 3.38. The minimum Gasteiger partial charge on any atom is -0.0917 e. The Labute approximate surface area is 64.6 Å². The van der Waals surface area contributed by atoms with E-state index < -0.39 is 0 Å². The second kappa shape index (κ2) is 6.60. The summed E-state index contributed by atoms with van der Waals surface area (Å²) in [6.45, 7) is 6.45. The van der Waals surface area contributed by atoms with Gasteiger partial charge in [0, 0.05) is 0 Å². The largest absolute Gasteiger partial charge is 0.0917 e. The highest BCUT2D eigenvalue weighted by Crippen LogP contribution is 2.04. The van der Waals surface area contributed by atoms with E-state index in [0.717, 1.165) is 0 Å². The van der Waals surface area contributed by atoms with Crippen molar-refractivity contribution in [2.75, 3.05) is 0 Å². The van der Waals surface area contributed by atoms with Gasteiger partial charge in [0.05, 0.1) is 0 Å². The second-order valence-corrected chi connectivity index (χ2v) is 2.57. The third kappa shape index (κ3) is 5.61. The Hall–Kier alpha value is -0.520. The van der Waals surface area contributed by atoms with Crippen LogP contribution in [-0.4, -0.2) is 0 Å². The molecule has 0 bridgehead atoms. The number of hydrogen-bond donors (Lipinski definition) is 0. The summed E-state index contributed by atoms with van der Waals surface area (Å²) >= 11 is 0. The van der Waals surface area contributed by atoms with E-state index in [9.17, 15) is 0 Å². The number of allylic oxidation sites excluding steroid dienone is 4. The molecule has 0 heteroatoms. The van der Waals surface area contributed by atoms with Crippen LogP contribution < -0.4 is 0 Å². The van der Waals surface area contributed by atoms with E-state index in [1.807, 2.05) is 0 Å². The van der Waals surface area contributed by atoms with E-state index >= 15 is 0 Å². The fourth-order valence-electron chi connectivity index (χ4n) is 0.928. The summed E-state index contributed by atoms with van der Waals surface area (Å²) in [7, 11) is 0. The van der Waals surface area contributed by atoms with Gasteiger partial charge in [0.1, 0.15) is 0 Å². The van der Waals surface area contributed by atoms with Crippen molar-refractivity contribution in [1.82, 2.24) is 0 Å². The van der Waals surface area contributed by atoms with Crippen molar-refractivity contribution in [2.45, 2.75) is 40.0 Å². The summed E-state index contributed by atoms with van der Waals surface area (Å²) < 4.78 is 0. The zero-order valence-electron chi connectivity index (χ0n) is 7.35. The van der Waals surface area contributed by atoms with Crippen LogP contribution in [0.25, 0.3) is 0 Å². The summed E-state index contributed by atoms with van der Waals surface area (Å²) in [5.41, 5.74) is 1.51. The maximum atomic E-state index is 2.30. The Morgan fingerprint density at radius 1 is 1.40 bits per heavy atom. The molecule has 58 valence electrons. The van der Waals surface area contributed by atoms with Crippen molar-refractivity contribution < 1.29 is 0 Å². The van der Waals surface area contributed by atoms with Gasteiger partial charge in [-0.3, -0.25) is 0 Å². The third-order valence-corrected chi connectivity index (χ3v) is 1.49. The first-order chi connectivity index (χ1) is 4.81. The predicted molar refractivity (Wildman–Crippen MR) is 48.1 cm³/mol. The maximum Gasteiger partial charge on any atom is -0.0288 e. The summed E-state index contributed by atoms with van der Waals surface area (Å²) in [4.78, 5) is 0. The van der Waals surface area contributed by atoms with Gasteiger partial charge in [-0.25, -0.2) is 0 Å². The molecule has 0 unspecified atom stereocenters. The molecule has 0 amide bonds. The molecule has 0 heterocycles. The minimum absolute atomic E-state index is 1.17. The molecule has 0 aliphatic rings. The van der Waals surface area contributed by atoms with Gasteiger partial charge < -0.3 is 0 Å². The fourth-order valence-corrected chi connectivity index (χ4v) is 0.928. The Morgan fingerprint density at radius 2 is 2.10 bits per heavy atom. The molecular formula is C10H18. The Bertz CT molecular complexity index is 118. The lowest BCUT2D eigenvalue weighted by atomic mass is 10.1. The summed E-state index contributed by atoms with van der Waals surface area (Å²) in [5.74, 6) is 0. The third-order valence-electron chi connectivity index (χ3n) is 1.49. The molecule has 0 nitrogen and oxygen atoms in total. The van der Waals surface area contributed by atoms with Crippen LogP contribution >= 0.6 is 0 Å². The van der Waals surface area contributed by atoms with E-state index in [2.05, 4.69) is 39.0 Å². The normalized spacial score (nSPS) is 12.9. The summed E-state index contributed by atoms with van der Waals surface area (Å²) in [6.07, 6.45) is 10.2. The van der Waals surface area contributed by atoms with Gasteiger partial charge in [-0.15, -0.1) is 0 Å². The van der Waals surface area contributed by atoms with Crippen molar-refractivity contribution >= 4 is 0 Å². The smallest absolute Gasteiger partial charge is 0.0288 e. The van der Waals surface area contributed by atoms with Crippen LogP contribution in [0.3, 0.4) is 0 Å². The van der Waals surface area contributed by atoms with Crippen LogP contribution in [0.5, 0.6) is 0 Å². The van der Waals surface area contributed by atoms with Gasteiger partial charge in [-0.05, 0) is 33.1 Å². The average molecular weight is 138 g/mol. The van der Waals surface area contributed by atoms with Crippen LogP contribution in [0.15, 0.2) is 23.8 Å². The van der Waals surface area contributed by atoms with Gasteiger partial charge in [0.15, 0.2) is 0 Å². The highest BCUT2D eigenvalue weighted by Gasteiger charge is 1.84. The van der Waals surface area contributed by atoms with Gasteiger partial charge in [-0.2, -0.15) is 0 Å². The first kappa shape index (κ1) is 9.48. The molecule has 0 aliphatic carbocycles. The highest BCUT2D eigenvalue weighted by molar-refractivity contribution is 4.98. The van der Waals surface area contributed by atoms with Crippen LogP contribution in [-0.2, 0) is 0 Å². The molecule has 0 N–H and O–H groups in total. The topological polar surface area (TPSA) is 0 Å². The van der Waals surface area contributed by atoms with Gasteiger partial charge in [0.2, 0.25) is 0 Å². The molecule has 0 aromatic rings. The number of rotatable bonds is 4. The van der Waals surface area contributed by atoms with Crippen molar-refractivity contribution in [1.29, 1.82) is 0 Å². The average Bonchev–Trinajstić information content (AvgIpc) is 1.89. The molecule has 0 fully saturated rings. The molecule has 0 aromatic heterocycles. The van der Waals surface area contributed by atoms with Gasteiger partial charge in [0.25, 0.3) is 0 Å². The van der Waals surface area contributed by atoms with Crippen molar-refractivity contribution in [3.05, 3.63) is 23.8 Å². The van der Waals surface area contributed by atoms with E-state index in [1.54, 1.807) is 0 Å². The molecular weight excluding hydrogens is 120 g/mol. The molecule has 0 saturated carbocycles. The second-order valence-electron chi connectivity index (χ2n) is 2.57. The Kier molecular flexibility index (Phi) is 6.25. The fraction of sp³-hybridized carbons (Fsp3) is 0.600. The maximum absolute atomic E-state index is 2.30. The first-order valence-electron chi connectivity index (χ1n) is 4.08. The molecule has 10 heavy (non-hydrogen) atoms. The zero-order chi connectivity index (χ0) is 7.82. The zero-order valence-corrected chi connectivity index (χ0v) is 7.35. The molecule has 0 spiro atoms. The van der Waals surface area contributed by atoms with Crippen molar-refractivity contribution in [3.8, 4) is 0 Å². The molecule has 0 atom stereocenters. The predicted octanol–water partition coefficient (Wildman–Crippen LogP) is 3.70.